The molecule has 0 aliphatic carbocycles. The predicted octanol–water partition coefficient (Wildman–Crippen LogP) is 4.85. The number of hydrogen-bond acceptors (Lipinski definition) is 5. The molecule has 0 saturated heterocycles. The van der Waals surface area contributed by atoms with Crippen LogP contribution in [-0.2, 0) is 13.1 Å². The van der Waals surface area contributed by atoms with E-state index in [9.17, 15) is 4.79 Å². The number of rotatable bonds is 6. The summed E-state index contributed by atoms with van der Waals surface area (Å²) in [6.45, 7) is 20.3. The minimum Gasteiger partial charge on any atom is -0.326 e. The number of hydrogen-bond donors (Lipinski definition) is 3. The molecule has 4 rings (SSSR count). The van der Waals surface area contributed by atoms with Gasteiger partial charge in [0.1, 0.15) is 0 Å². The molecule has 0 bridgehead atoms. The molecule has 3 aromatic rings. The highest BCUT2D eigenvalue weighted by Crippen LogP contribution is 2.35. The Morgan fingerprint density at radius 2 is 1.83 bits per heavy atom. The van der Waals surface area contributed by atoms with Gasteiger partial charge in [-0.15, -0.1) is 0 Å². The summed E-state index contributed by atoms with van der Waals surface area (Å²) in [4.78, 5) is 20.6. The van der Waals surface area contributed by atoms with Crippen LogP contribution in [0, 0.1) is 20.8 Å². The van der Waals surface area contributed by atoms with Crippen LogP contribution in [0.15, 0.2) is 23.0 Å². The number of pyridine rings is 2. The average molecular weight is 477 g/mol. The summed E-state index contributed by atoms with van der Waals surface area (Å²) >= 11 is 0. The third kappa shape index (κ3) is 5.26. The zero-order valence-electron chi connectivity index (χ0n) is 22.7. The van der Waals surface area contributed by atoms with Gasteiger partial charge in [-0.05, 0) is 97.6 Å². The standard InChI is InChI=1S/C28H40N6O/c1-16(2)34-25-24(19(5)32-34)20(14-29-15-22-17(3)10-18(4)30-26(22)35)11-23(31-25)21-12-27(6,7)33-28(8,9)13-21/h10-12,16,29,33H,13-15H2,1-9H3,(H,30,35). The fourth-order valence-corrected chi connectivity index (χ4v) is 5.57. The molecule has 0 unspecified atom stereocenters. The molecule has 1 aliphatic rings. The Hall–Kier alpha value is -2.77. The smallest absolute Gasteiger partial charge is 0.252 e. The van der Waals surface area contributed by atoms with E-state index in [2.05, 4.69) is 76.2 Å². The van der Waals surface area contributed by atoms with Gasteiger partial charge in [-0.1, -0.05) is 6.08 Å². The molecule has 3 N–H and O–H groups in total. The fourth-order valence-electron chi connectivity index (χ4n) is 5.57. The molecule has 0 aromatic carbocycles. The van der Waals surface area contributed by atoms with Gasteiger partial charge >= 0.3 is 0 Å². The Kier molecular flexibility index (Phi) is 6.53. The van der Waals surface area contributed by atoms with Crippen LogP contribution >= 0.6 is 0 Å². The number of aryl methyl sites for hydroxylation is 3. The van der Waals surface area contributed by atoms with Crippen molar-refractivity contribution in [2.75, 3.05) is 0 Å². The Bertz CT molecular complexity index is 1360. The summed E-state index contributed by atoms with van der Waals surface area (Å²) in [7, 11) is 0. The summed E-state index contributed by atoms with van der Waals surface area (Å²) in [6, 6.07) is 4.44. The molecule has 0 fully saturated rings. The lowest BCUT2D eigenvalue weighted by Gasteiger charge is -2.41. The molecule has 0 amide bonds. The summed E-state index contributed by atoms with van der Waals surface area (Å²) < 4.78 is 2.03. The number of aromatic nitrogens is 4. The molecular weight excluding hydrogens is 436 g/mol. The largest absolute Gasteiger partial charge is 0.326 e. The Morgan fingerprint density at radius 3 is 2.46 bits per heavy atom. The van der Waals surface area contributed by atoms with Crippen LogP contribution in [0.2, 0.25) is 0 Å². The zero-order chi connectivity index (χ0) is 25.7. The van der Waals surface area contributed by atoms with Gasteiger partial charge in [-0.3, -0.25) is 4.79 Å². The van der Waals surface area contributed by atoms with Gasteiger partial charge in [0.2, 0.25) is 0 Å². The molecule has 4 heterocycles. The first kappa shape index (κ1) is 25.3. The second-order valence-electron chi connectivity index (χ2n) is 11.6. The quantitative estimate of drug-likeness (QED) is 0.473. The van der Waals surface area contributed by atoms with E-state index in [4.69, 9.17) is 10.1 Å². The van der Waals surface area contributed by atoms with Crippen LogP contribution in [0.5, 0.6) is 0 Å². The number of nitrogens with one attached hydrogen (secondary N) is 3. The van der Waals surface area contributed by atoms with Gasteiger partial charge < -0.3 is 15.6 Å². The maximum atomic E-state index is 12.5. The van der Waals surface area contributed by atoms with Crippen molar-refractivity contribution >= 4 is 16.6 Å². The lowest BCUT2D eigenvalue weighted by atomic mass is 9.82. The van der Waals surface area contributed by atoms with Gasteiger partial charge in [-0.25, -0.2) is 9.67 Å². The molecule has 0 saturated carbocycles. The topological polar surface area (TPSA) is 87.6 Å². The lowest BCUT2D eigenvalue weighted by Crippen LogP contribution is -2.53. The summed E-state index contributed by atoms with van der Waals surface area (Å²) in [5.41, 5.74) is 7.81. The second kappa shape index (κ2) is 9.03. The SMILES string of the molecule is Cc1cc(C)c(CNCc2cc(C3=CC(C)(C)NC(C)(C)C3)nc3c2c(C)nn3C(C)C)c(=O)[nH]1. The molecular formula is C28H40N6O. The van der Waals surface area contributed by atoms with E-state index in [-0.39, 0.29) is 22.7 Å². The van der Waals surface area contributed by atoms with Gasteiger partial charge in [0.25, 0.3) is 5.56 Å². The Balaban J connectivity index is 1.76. The third-order valence-corrected chi connectivity index (χ3v) is 6.68. The first-order valence-corrected chi connectivity index (χ1v) is 12.6. The van der Waals surface area contributed by atoms with E-state index in [1.165, 1.54) is 5.57 Å². The molecule has 188 valence electrons. The molecule has 0 radical (unpaired) electrons. The monoisotopic (exact) mass is 476 g/mol. The van der Waals surface area contributed by atoms with Crippen LogP contribution in [0.4, 0.5) is 0 Å². The van der Waals surface area contributed by atoms with Crippen LogP contribution in [-0.4, -0.2) is 30.8 Å². The van der Waals surface area contributed by atoms with Crippen molar-refractivity contribution in [3.05, 3.63) is 62.3 Å². The maximum Gasteiger partial charge on any atom is 0.252 e. The minimum absolute atomic E-state index is 0.0244. The highest BCUT2D eigenvalue weighted by atomic mass is 16.1. The van der Waals surface area contributed by atoms with E-state index in [0.717, 1.165) is 51.2 Å². The molecule has 1 aliphatic heterocycles. The van der Waals surface area contributed by atoms with Crippen molar-refractivity contribution in [2.45, 2.75) is 98.9 Å². The van der Waals surface area contributed by atoms with Crippen molar-refractivity contribution < 1.29 is 0 Å². The van der Waals surface area contributed by atoms with Crippen molar-refractivity contribution in [2.24, 2.45) is 0 Å². The fraction of sp³-hybridized carbons (Fsp3) is 0.536. The first-order chi connectivity index (χ1) is 16.3. The number of H-pyrrole nitrogens is 1. The van der Waals surface area contributed by atoms with Crippen molar-refractivity contribution in [1.29, 1.82) is 0 Å². The van der Waals surface area contributed by atoms with Crippen molar-refractivity contribution in [3.8, 4) is 0 Å². The Morgan fingerprint density at radius 1 is 1.11 bits per heavy atom. The minimum atomic E-state index is -0.121. The van der Waals surface area contributed by atoms with Crippen LogP contribution in [0.25, 0.3) is 16.6 Å². The lowest BCUT2D eigenvalue weighted by molar-refractivity contribution is 0.297. The van der Waals surface area contributed by atoms with E-state index in [0.29, 0.717) is 13.1 Å². The van der Waals surface area contributed by atoms with Gasteiger partial charge in [0, 0.05) is 46.9 Å². The van der Waals surface area contributed by atoms with Gasteiger partial charge in [0.05, 0.1) is 11.4 Å². The van der Waals surface area contributed by atoms with Gasteiger partial charge in [-0.2, -0.15) is 5.10 Å². The maximum absolute atomic E-state index is 12.5. The number of fused-ring (bicyclic) bond motifs is 1. The zero-order valence-corrected chi connectivity index (χ0v) is 22.7. The van der Waals surface area contributed by atoms with E-state index in [1.807, 2.05) is 24.6 Å². The van der Waals surface area contributed by atoms with Gasteiger partial charge in [0.15, 0.2) is 5.65 Å². The van der Waals surface area contributed by atoms with Crippen molar-refractivity contribution in [3.63, 3.8) is 0 Å². The molecule has 0 spiro atoms. The number of nitrogens with zero attached hydrogens (tertiary/aromatic N) is 3. The van der Waals surface area contributed by atoms with Crippen LogP contribution in [0.1, 0.15) is 87.8 Å². The van der Waals surface area contributed by atoms with E-state index < -0.39 is 0 Å². The van der Waals surface area contributed by atoms with Crippen LogP contribution < -0.4 is 16.2 Å². The predicted molar refractivity (Wildman–Crippen MR) is 144 cm³/mol. The normalized spacial score (nSPS) is 17.3. The second-order valence-corrected chi connectivity index (χ2v) is 11.6. The molecule has 0 atom stereocenters. The first-order valence-electron chi connectivity index (χ1n) is 12.6. The summed E-state index contributed by atoms with van der Waals surface area (Å²) in [5, 5.41) is 13.2. The summed E-state index contributed by atoms with van der Waals surface area (Å²) in [6.07, 6.45) is 3.20. The Labute approximate surface area is 208 Å². The van der Waals surface area contributed by atoms with E-state index in [1.54, 1.807) is 0 Å². The van der Waals surface area contributed by atoms with Crippen LogP contribution in [0.3, 0.4) is 0 Å². The summed E-state index contributed by atoms with van der Waals surface area (Å²) in [5.74, 6) is 0. The highest BCUT2D eigenvalue weighted by Gasteiger charge is 2.33. The highest BCUT2D eigenvalue weighted by molar-refractivity contribution is 5.85. The van der Waals surface area contributed by atoms with E-state index >= 15 is 0 Å². The third-order valence-electron chi connectivity index (χ3n) is 6.68. The average Bonchev–Trinajstić information content (AvgIpc) is 3.04. The molecule has 35 heavy (non-hydrogen) atoms. The molecule has 3 aromatic heterocycles. The van der Waals surface area contributed by atoms with Crippen molar-refractivity contribution in [1.82, 2.24) is 30.4 Å². The number of aromatic amines is 1. The molecule has 7 nitrogen and oxygen atoms in total. The molecule has 7 heteroatoms.